The predicted octanol–water partition coefficient (Wildman–Crippen LogP) is 3.62. The minimum atomic E-state index is -1.48. The Balaban J connectivity index is 2.63. The van der Waals surface area contributed by atoms with E-state index in [1.807, 2.05) is 32.0 Å². The number of aliphatic imine (C=N–C) groups is 1. The van der Waals surface area contributed by atoms with Gasteiger partial charge in [-0.05, 0) is 25.5 Å². The van der Waals surface area contributed by atoms with Crippen LogP contribution in [0, 0.1) is 24.0 Å². The number of nitrogens with zero attached hydrogens (tertiary/aromatic N) is 6. The maximum atomic E-state index is 12.4. The summed E-state index contributed by atoms with van der Waals surface area (Å²) < 4.78 is 2.21. The van der Waals surface area contributed by atoms with E-state index >= 15 is 0 Å². The first-order valence-corrected chi connectivity index (χ1v) is 9.52. The van der Waals surface area contributed by atoms with Crippen LogP contribution in [0.4, 0.5) is 15.3 Å². The van der Waals surface area contributed by atoms with E-state index in [2.05, 4.69) is 15.0 Å². The highest BCUT2D eigenvalue weighted by atomic mass is 32.2. The van der Waals surface area contributed by atoms with Crippen molar-refractivity contribution in [2.24, 2.45) is 10.1 Å². The second kappa shape index (κ2) is 10.6. The molecule has 0 aliphatic carbocycles. The lowest BCUT2D eigenvalue weighted by Crippen LogP contribution is -2.37. The molecule has 0 spiro atoms. The number of rotatable bonds is 7. The maximum absolute atomic E-state index is 12.4. The lowest BCUT2D eigenvalue weighted by Gasteiger charge is -2.23. The van der Waals surface area contributed by atoms with E-state index in [-0.39, 0.29) is 0 Å². The van der Waals surface area contributed by atoms with Gasteiger partial charge in [-0.25, -0.2) is 18.9 Å². The van der Waals surface area contributed by atoms with E-state index in [1.54, 1.807) is 0 Å². The van der Waals surface area contributed by atoms with Gasteiger partial charge in [0.2, 0.25) is 0 Å². The van der Waals surface area contributed by atoms with E-state index in [9.17, 15) is 19.7 Å². The van der Waals surface area contributed by atoms with Crippen LogP contribution in [0.3, 0.4) is 0 Å². The van der Waals surface area contributed by atoms with Crippen molar-refractivity contribution in [3.8, 4) is 0 Å². The topological polar surface area (TPSA) is 121 Å². The second-order valence-electron chi connectivity index (χ2n) is 7.01. The van der Waals surface area contributed by atoms with E-state index < -0.39 is 22.6 Å². The van der Waals surface area contributed by atoms with Crippen molar-refractivity contribution in [1.29, 1.82) is 0 Å². The first kappa shape index (κ1) is 24.9. The zero-order valence-electron chi connectivity index (χ0n) is 18.0. The van der Waals surface area contributed by atoms with Gasteiger partial charge in [0, 0.05) is 39.9 Å². The van der Waals surface area contributed by atoms with Gasteiger partial charge < -0.3 is 0 Å². The molecule has 11 nitrogen and oxygen atoms in total. The Hall–Kier alpha value is -3.15. The summed E-state index contributed by atoms with van der Waals surface area (Å²) in [6.07, 6.45) is 1.40. The highest BCUT2D eigenvalue weighted by molar-refractivity contribution is 7.95. The van der Waals surface area contributed by atoms with Crippen molar-refractivity contribution in [3.05, 3.63) is 39.4 Å². The third-order valence-corrected chi connectivity index (χ3v) is 4.56. The SMILES string of the molecule is Cc1ccc(N=CN(C)C(=O)N(C)SN(C)C(=O)ON=CC(C)(C)[N+](=O)[O-])c(C)c1. The molecule has 0 saturated carbocycles. The van der Waals surface area contributed by atoms with E-state index in [4.69, 9.17) is 0 Å². The first-order valence-electron chi connectivity index (χ1n) is 8.79. The molecule has 0 saturated heterocycles. The second-order valence-corrected chi connectivity index (χ2v) is 8.27. The highest BCUT2D eigenvalue weighted by Gasteiger charge is 2.29. The summed E-state index contributed by atoms with van der Waals surface area (Å²) in [6.45, 7) is 6.53. The lowest BCUT2D eigenvalue weighted by molar-refractivity contribution is -0.536. The Kier molecular flexibility index (Phi) is 8.77. The molecule has 3 amide bonds. The third-order valence-electron chi connectivity index (χ3n) is 3.77. The van der Waals surface area contributed by atoms with Crippen molar-refractivity contribution < 1.29 is 19.3 Å². The Labute approximate surface area is 179 Å². The highest BCUT2D eigenvalue weighted by Crippen LogP contribution is 2.19. The number of nitro groups is 1. The molecule has 0 bridgehead atoms. The average Bonchev–Trinajstić information content (AvgIpc) is 2.65. The Bertz CT molecular complexity index is 857. The zero-order chi connectivity index (χ0) is 23.1. The van der Waals surface area contributed by atoms with Crippen LogP contribution in [-0.4, -0.2) is 69.8 Å². The molecule has 0 radical (unpaired) electrons. The molecule has 0 fully saturated rings. The maximum Gasteiger partial charge on any atom is 0.447 e. The van der Waals surface area contributed by atoms with Crippen LogP contribution in [0.25, 0.3) is 0 Å². The van der Waals surface area contributed by atoms with Gasteiger partial charge in [-0.2, -0.15) is 0 Å². The summed E-state index contributed by atoms with van der Waals surface area (Å²) in [5.41, 5.74) is 1.37. The third kappa shape index (κ3) is 7.35. The van der Waals surface area contributed by atoms with Gasteiger partial charge in [-0.3, -0.25) is 24.2 Å². The number of oxime groups is 1. The number of amides is 3. The number of aryl methyl sites for hydroxylation is 2. The molecule has 1 aromatic rings. The van der Waals surface area contributed by atoms with Crippen molar-refractivity contribution in [2.45, 2.75) is 33.2 Å². The molecule has 0 aliphatic rings. The zero-order valence-corrected chi connectivity index (χ0v) is 18.8. The standard InChI is InChI=1S/C18H26N6O5S/c1-13-8-9-15(14(2)10-13)19-12-21(5)16(25)22(6)30-23(7)17(26)29-20-11-18(3,4)24(27)28/h8-12H,1-7H3. The van der Waals surface area contributed by atoms with E-state index in [0.29, 0.717) is 0 Å². The monoisotopic (exact) mass is 438 g/mol. The van der Waals surface area contributed by atoms with Crippen molar-refractivity contribution in [3.63, 3.8) is 0 Å². The fraction of sp³-hybridized carbons (Fsp3) is 0.444. The minimum Gasteiger partial charge on any atom is -0.297 e. The van der Waals surface area contributed by atoms with Gasteiger partial charge in [0.1, 0.15) is 6.21 Å². The fourth-order valence-electron chi connectivity index (χ4n) is 1.93. The van der Waals surface area contributed by atoms with Gasteiger partial charge in [0.15, 0.2) is 0 Å². The summed E-state index contributed by atoms with van der Waals surface area (Å²) in [6, 6.07) is 5.35. The largest absolute Gasteiger partial charge is 0.447 e. The molecule has 1 aromatic carbocycles. The molecule has 0 aliphatic heterocycles. The number of carbonyl (C=O) groups excluding carboxylic acids is 2. The Morgan fingerprint density at radius 1 is 1.20 bits per heavy atom. The molecular formula is C18H26N6O5S. The summed E-state index contributed by atoms with van der Waals surface area (Å²) in [5, 5.41) is 14.1. The molecule has 0 atom stereocenters. The number of urea groups is 1. The van der Waals surface area contributed by atoms with Gasteiger partial charge in [0.25, 0.3) is 5.54 Å². The number of hydrogen-bond donors (Lipinski definition) is 0. The van der Waals surface area contributed by atoms with E-state index in [0.717, 1.165) is 39.5 Å². The number of hydrogen-bond acceptors (Lipinski definition) is 8. The van der Waals surface area contributed by atoms with Crippen LogP contribution < -0.4 is 0 Å². The summed E-state index contributed by atoms with van der Waals surface area (Å²) >= 11 is 0.767. The molecule has 30 heavy (non-hydrogen) atoms. The van der Waals surface area contributed by atoms with Crippen LogP contribution in [-0.2, 0) is 4.84 Å². The van der Waals surface area contributed by atoms with Crippen molar-refractivity contribution in [2.75, 3.05) is 21.1 Å². The molecule has 0 N–H and O–H groups in total. The van der Waals surface area contributed by atoms with Crippen molar-refractivity contribution >= 4 is 42.5 Å². The van der Waals surface area contributed by atoms with Crippen LogP contribution in [0.2, 0.25) is 0 Å². The smallest absolute Gasteiger partial charge is 0.297 e. The van der Waals surface area contributed by atoms with Gasteiger partial charge in [-0.15, -0.1) is 0 Å². The molecule has 1 rings (SSSR count). The van der Waals surface area contributed by atoms with Crippen LogP contribution in [0.1, 0.15) is 25.0 Å². The molecule has 0 heterocycles. The van der Waals surface area contributed by atoms with E-state index in [1.165, 1.54) is 50.5 Å². The normalized spacial score (nSPS) is 11.6. The number of benzene rings is 1. The Morgan fingerprint density at radius 3 is 2.40 bits per heavy atom. The predicted molar refractivity (Wildman–Crippen MR) is 116 cm³/mol. The average molecular weight is 439 g/mol. The first-order chi connectivity index (χ1) is 13.8. The Morgan fingerprint density at radius 2 is 1.83 bits per heavy atom. The van der Waals surface area contributed by atoms with Crippen LogP contribution in [0.15, 0.2) is 28.3 Å². The van der Waals surface area contributed by atoms with Crippen LogP contribution in [0.5, 0.6) is 0 Å². The van der Waals surface area contributed by atoms with Gasteiger partial charge in [-0.1, -0.05) is 22.9 Å². The van der Waals surface area contributed by atoms with Gasteiger partial charge >= 0.3 is 12.1 Å². The van der Waals surface area contributed by atoms with Gasteiger partial charge in [0.05, 0.1) is 24.2 Å². The van der Waals surface area contributed by atoms with Crippen molar-refractivity contribution in [1.82, 2.24) is 13.5 Å². The number of carbonyl (C=O) groups is 2. The van der Waals surface area contributed by atoms with Crippen LogP contribution >= 0.6 is 12.1 Å². The molecule has 12 heteroatoms. The summed E-state index contributed by atoms with van der Waals surface area (Å²) in [5.74, 6) is 0. The molecular weight excluding hydrogens is 412 g/mol. The molecule has 0 aromatic heterocycles. The molecule has 164 valence electrons. The quantitative estimate of drug-likeness (QED) is 0.160. The summed E-state index contributed by atoms with van der Waals surface area (Å²) in [4.78, 5) is 44.8. The lowest BCUT2D eigenvalue weighted by atomic mass is 10.1. The minimum absolute atomic E-state index is 0.439. The fourth-order valence-corrected chi connectivity index (χ4v) is 2.59. The molecule has 0 unspecified atom stereocenters. The summed E-state index contributed by atoms with van der Waals surface area (Å²) in [7, 11) is 4.38.